The number of halogens is 3. The summed E-state index contributed by atoms with van der Waals surface area (Å²) in [5.74, 6) is 0.875. The summed E-state index contributed by atoms with van der Waals surface area (Å²) in [5, 5.41) is 26.1. The highest BCUT2D eigenvalue weighted by Crippen LogP contribution is 2.31. The molecule has 2 unspecified atom stereocenters. The summed E-state index contributed by atoms with van der Waals surface area (Å²) >= 11 is 0. The van der Waals surface area contributed by atoms with Crippen LogP contribution in [0.4, 0.5) is 19.0 Å². The number of aromatic amines is 1. The Balaban J connectivity index is 1.44. The van der Waals surface area contributed by atoms with Gasteiger partial charge in [-0.2, -0.15) is 18.3 Å². The van der Waals surface area contributed by atoms with Crippen molar-refractivity contribution >= 4 is 11.5 Å². The molecule has 1 aliphatic heterocycles. The fourth-order valence-electron chi connectivity index (χ4n) is 4.30. The van der Waals surface area contributed by atoms with Gasteiger partial charge in [-0.1, -0.05) is 0 Å². The monoisotopic (exact) mass is 488 g/mol. The summed E-state index contributed by atoms with van der Waals surface area (Å²) in [7, 11) is 0. The number of anilines is 1. The van der Waals surface area contributed by atoms with E-state index in [1.54, 1.807) is 24.7 Å². The number of rotatable bonds is 6. The third-order valence-electron chi connectivity index (χ3n) is 6.08. The summed E-state index contributed by atoms with van der Waals surface area (Å²) < 4.78 is 41.1. The molecule has 2 atom stereocenters. The molecule has 0 aliphatic carbocycles. The maximum Gasteiger partial charge on any atom is 0.417 e. The van der Waals surface area contributed by atoms with Crippen molar-refractivity contribution in [1.29, 1.82) is 0 Å². The van der Waals surface area contributed by atoms with Crippen molar-refractivity contribution in [2.24, 2.45) is 0 Å². The lowest BCUT2D eigenvalue weighted by molar-refractivity contribution is -0.137. The first-order chi connectivity index (χ1) is 16.8. The van der Waals surface area contributed by atoms with Crippen molar-refractivity contribution in [3.05, 3.63) is 60.3 Å². The SMILES string of the molecule is OCC(O)CN1CCN(c2ccnc(-c3cnc4ccc(C(F)(F)F)cn34)n2)CC1c1cn[nH]c1. The van der Waals surface area contributed by atoms with Crippen LogP contribution in [0.15, 0.2) is 49.2 Å². The molecule has 5 rings (SSSR count). The molecule has 0 saturated carbocycles. The zero-order valence-corrected chi connectivity index (χ0v) is 18.5. The van der Waals surface area contributed by atoms with Gasteiger partial charge in [0.15, 0.2) is 5.82 Å². The number of hydrogen-bond acceptors (Lipinski definition) is 8. The number of pyridine rings is 1. The van der Waals surface area contributed by atoms with Gasteiger partial charge in [-0.05, 0) is 18.2 Å². The molecule has 4 aromatic rings. The lowest BCUT2D eigenvalue weighted by Gasteiger charge is -2.42. The number of nitrogens with one attached hydrogen (secondary N) is 1. The van der Waals surface area contributed by atoms with Gasteiger partial charge in [0, 0.05) is 50.3 Å². The Bertz CT molecular complexity index is 1290. The molecule has 35 heavy (non-hydrogen) atoms. The topological polar surface area (TPSA) is 119 Å². The van der Waals surface area contributed by atoms with Crippen molar-refractivity contribution in [3.63, 3.8) is 0 Å². The number of aliphatic hydroxyl groups is 2. The van der Waals surface area contributed by atoms with Crippen molar-refractivity contribution < 1.29 is 23.4 Å². The average molecular weight is 488 g/mol. The molecule has 0 spiro atoms. The van der Waals surface area contributed by atoms with E-state index in [4.69, 9.17) is 0 Å². The molecule has 0 radical (unpaired) electrons. The van der Waals surface area contributed by atoms with E-state index in [0.29, 0.717) is 43.3 Å². The van der Waals surface area contributed by atoms with Gasteiger partial charge in [0.1, 0.15) is 17.2 Å². The fourth-order valence-corrected chi connectivity index (χ4v) is 4.30. The first kappa shape index (κ1) is 23.2. The third kappa shape index (κ3) is 4.70. The predicted octanol–water partition coefficient (Wildman–Crippen LogP) is 1.75. The number of aromatic nitrogens is 6. The first-order valence-electron chi connectivity index (χ1n) is 11.0. The number of hydrogen-bond donors (Lipinski definition) is 3. The average Bonchev–Trinajstić information content (AvgIpc) is 3.53. The second kappa shape index (κ2) is 9.24. The van der Waals surface area contributed by atoms with Crippen LogP contribution in [0.2, 0.25) is 0 Å². The summed E-state index contributed by atoms with van der Waals surface area (Å²) in [6.45, 7) is 1.69. The van der Waals surface area contributed by atoms with E-state index in [2.05, 4.69) is 34.9 Å². The Morgan fingerprint density at radius 2 is 2.00 bits per heavy atom. The van der Waals surface area contributed by atoms with Crippen LogP contribution < -0.4 is 4.90 Å². The lowest BCUT2D eigenvalue weighted by Crippen LogP contribution is -2.51. The number of alkyl halides is 3. The number of β-amino-alcohol motifs (C(OH)–C–C–N with tert-alkyl or cyclic N) is 1. The first-order valence-corrected chi connectivity index (χ1v) is 11.0. The largest absolute Gasteiger partial charge is 0.417 e. The Hall–Kier alpha value is -3.55. The molecule has 5 heterocycles. The molecule has 1 saturated heterocycles. The van der Waals surface area contributed by atoms with Crippen LogP contribution in [0, 0.1) is 0 Å². The zero-order chi connectivity index (χ0) is 24.6. The number of H-pyrrole nitrogens is 1. The smallest absolute Gasteiger partial charge is 0.394 e. The van der Waals surface area contributed by atoms with Crippen LogP contribution in [0.25, 0.3) is 17.2 Å². The van der Waals surface area contributed by atoms with E-state index in [1.165, 1.54) is 16.7 Å². The van der Waals surface area contributed by atoms with E-state index < -0.39 is 17.8 Å². The fraction of sp³-hybridized carbons (Fsp3) is 0.364. The molecule has 0 amide bonds. The van der Waals surface area contributed by atoms with E-state index in [1.807, 2.05) is 0 Å². The molecule has 184 valence electrons. The highest BCUT2D eigenvalue weighted by Gasteiger charge is 2.32. The van der Waals surface area contributed by atoms with Crippen molar-refractivity contribution in [1.82, 2.24) is 34.4 Å². The van der Waals surface area contributed by atoms with Gasteiger partial charge < -0.3 is 15.1 Å². The van der Waals surface area contributed by atoms with Crippen LogP contribution >= 0.6 is 0 Å². The minimum Gasteiger partial charge on any atom is -0.394 e. The van der Waals surface area contributed by atoms with Crippen molar-refractivity contribution in [3.8, 4) is 11.5 Å². The molecular weight excluding hydrogens is 465 g/mol. The minimum atomic E-state index is -4.48. The van der Waals surface area contributed by atoms with E-state index >= 15 is 0 Å². The Morgan fingerprint density at radius 1 is 1.14 bits per heavy atom. The zero-order valence-electron chi connectivity index (χ0n) is 18.5. The van der Waals surface area contributed by atoms with Crippen molar-refractivity contribution in [2.45, 2.75) is 18.3 Å². The Morgan fingerprint density at radius 3 is 2.74 bits per heavy atom. The molecule has 13 heteroatoms. The maximum atomic E-state index is 13.2. The molecule has 1 aliphatic rings. The molecule has 1 fully saturated rings. The van der Waals surface area contributed by atoms with Crippen molar-refractivity contribution in [2.75, 3.05) is 37.7 Å². The van der Waals surface area contributed by atoms with Gasteiger partial charge in [0.05, 0.1) is 36.7 Å². The number of piperazine rings is 1. The maximum absolute atomic E-state index is 13.2. The minimum absolute atomic E-state index is 0.118. The molecule has 4 aromatic heterocycles. The number of imidazole rings is 1. The third-order valence-corrected chi connectivity index (χ3v) is 6.08. The van der Waals surface area contributed by atoms with Gasteiger partial charge in [0.2, 0.25) is 0 Å². The normalized spacial score (nSPS) is 18.3. The molecule has 3 N–H and O–H groups in total. The highest BCUT2D eigenvalue weighted by molar-refractivity contribution is 5.59. The summed E-state index contributed by atoms with van der Waals surface area (Å²) in [6, 6.07) is 3.93. The van der Waals surface area contributed by atoms with Gasteiger partial charge in [-0.3, -0.25) is 14.4 Å². The van der Waals surface area contributed by atoms with Gasteiger partial charge in [-0.15, -0.1) is 0 Å². The molecular formula is C22H23F3N8O2. The van der Waals surface area contributed by atoms with E-state index in [9.17, 15) is 23.4 Å². The van der Waals surface area contributed by atoms with E-state index in [-0.39, 0.29) is 18.5 Å². The molecule has 0 aromatic carbocycles. The van der Waals surface area contributed by atoms with Gasteiger partial charge >= 0.3 is 6.18 Å². The van der Waals surface area contributed by atoms with Crippen LogP contribution in [-0.2, 0) is 6.18 Å². The summed E-state index contributed by atoms with van der Waals surface area (Å²) in [6.07, 6.45) is 2.18. The second-order valence-corrected chi connectivity index (χ2v) is 8.35. The highest BCUT2D eigenvalue weighted by atomic mass is 19.4. The van der Waals surface area contributed by atoms with Crippen LogP contribution in [0.3, 0.4) is 0 Å². The quantitative estimate of drug-likeness (QED) is 0.376. The van der Waals surface area contributed by atoms with Crippen LogP contribution in [-0.4, -0.2) is 83.6 Å². The Kier molecular flexibility index (Phi) is 6.13. The summed E-state index contributed by atoms with van der Waals surface area (Å²) in [5.41, 5.74) is 0.849. The van der Waals surface area contributed by atoms with Gasteiger partial charge in [-0.25, -0.2) is 15.0 Å². The van der Waals surface area contributed by atoms with E-state index in [0.717, 1.165) is 17.8 Å². The predicted molar refractivity (Wildman–Crippen MR) is 119 cm³/mol. The molecule has 10 nitrogen and oxygen atoms in total. The number of fused-ring (bicyclic) bond motifs is 1. The molecule has 0 bridgehead atoms. The summed E-state index contributed by atoms with van der Waals surface area (Å²) in [4.78, 5) is 17.2. The standard InChI is InChI=1S/C22H23F3N8O2/c23-22(24,25)15-1-2-19-27-9-17(33(19)10-15)21-26-4-3-20(30-21)32-6-5-31(11-16(35)13-34)18(12-32)14-7-28-29-8-14/h1-4,7-10,16,18,34-35H,5-6,11-13H2,(H,28,29). The van der Waals surface area contributed by atoms with Gasteiger partial charge in [0.25, 0.3) is 0 Å². The van der Waals surface area contributed by atoms with Crippen LogP contribution in [0.5, 0.6) is 0 Å². The lowest BCUT2D eigenvalue weighted by atomic mass is 10.1. The second-order valence-electron chi connectivity index (χ2n) is 8.35. The Labute approximate surface area is 197 Å². The number of nitrogens with zero attached hydrogens (tertiary/aromatic N) is 7. The van der Waals surface area contributed by atoms with Crippen LogP contribution in [0.1, 0.15) is 17.2 Å². The number of aliphatic hydroxyl groups excluding tert-OH is 2.